The lowest BCUT2D eigenvalue weighted by Gasteiger charge is -2.18. The van der Waals surface area contributed by atoms with Crippen molar-refractivity contribution in [3.63, 3.8) is 0 Å². The first-order chi connectivity index (χ1) is 12.2. The maximum atomic E-state index is 10.3. The number of hydrogen-bond donors (Lipinski definition) is 5. The van der Waals surface area contributed by atoms with Gasteiger partial charge < -0.3 is 20.4 Å². The molecule has 0 aliphatic heterocycles. The zero-order valence-electron chi connectivity index (χ0n) is 15.7. The van der Waals surface area contributed by atoms with Crippen LogP contribution in [-0.2, 0) is 14.4 Å². The van der Waals surface area contributed by atoms with Gasteiger partial charge in [-0.2, -0.15) is 12.6 Å². The van der Waals surface area contributed by atoms with Gasteiger partial charge in [0.05, 0.1) is 12.8 Å². The molecule has 0 unspecified atom stereocenters. The predicted molar refractivity (Wildman–Crippen MR) is 103 cm³/mol. The van der Waals surface area contributed by atoms with Crippen LogP contribution in [0.4, 0.5) is 0 Å². The van der Waals surface area contributed by atoms with Crippen LogP contribution < -0.4 is 0 Å². The molecule has 0 saturated carbocycles. The summed E-state index contributed by atoms with van der Waals surface area (Å²) in [6, 6.07) is 0. The quantitative estimate of drug-likeness (QED) is 0.212. The van der Waals surface area contributed by atoms with E-state index in [1.807, 2.05) is 0 Å². The summed E-state index contributed by atoms with van der Waals surface area (Å²) in [5, 5.41) is 33.8. The fourth-order valence-corrected chi connectivity index (χ4v) is 2.54. The molecule has 0 aromatic rings. The molecule has 0 spiro atoms. The predicted octanol–water partition coefficient (Wildman–Crippen LogP) is 3.59. The third-order valence-electron chi connectivity index (χ3n) is 3.80. The average molecular weight is 395 g/mol. The first-order valence-corrected chi connectivity index (χ1v) is 9.83. The highest BCUT2D eigenvalue weighted by atomic mass is 32.1. The van der Waals surface area contributed by atoms with E-state index in [2.05, 4.69) is 19.6 Å². The second-order valence-electron chi connectivity index (χ2n) is 6.38. The van der Waals surface area contributed by atoms with Crippen molar-refractivity contribution in [2.24, 2.45) is 0 Å². The molecule has 0 atom stereocenters. The Morgan fingerprint density at radius 2 is 1.08 bits per heavy atom. The number of carboxylic acid groups (broad SMARTS) is 3. The number of aliphatic hydroxyl groups is 1. The van der Waals surface area contributed by atoms with E-state index in [1.54, 1.807) is 0 Å². The summed E-state index contributed by atoms with van der Waals surface area (Å²) in [4.78, 5) is 30.5. The van der Waals surface area contributed by atoms with Gasteiger partial charge in [-0.25, -0.2) is 4.79 Å². The molecule has 0 aliphatic carbocycles. The zero-order chi connectivity index (χ0) is 20.4. The molecule has 0 amide bonds. The molecule has 8 heteroatoms. The lowest BCUT2D eigenvalue weighted by molar-refractivity contribution is -0.170. The minimum atomic E-state index is -2.74. The van der Waals surface area contributed by atoms with Crippen molar-refractivity contribution in [3.8, 4) is 0 Å². The topological polar surface area (TPSA) is 132 Å². The summed E-state index contributed by atoms with van der Waals surface area (Å²) >= 11 is 4.20. The molecule has 26 heavy (non-hydrogen) atoms. The number of aliphatic carboxylic acids is 3. The van der Waals surface area contributed by atoms with Crippen molar-refractivity contribution >= 4 is 30.5 Å². The summed E-state index contributed by atoms with van der Waals surface area (Å²) in [5.41, 5.74) is -2.74. The highest BCUT2D eigenvalue weighted by molar-refractivity contribution is 7.80. The minimum Gasteiger partial charge on any atom is -0.481 e. The maximum Gasteiger partial charge on any atom is 0.336 e. The van der Waals surface area contributed by atoms with E-state index in [1.165, 1.54) is 64.2 Å². The molecule has 0 fully saturated rings. The Kier molecular flexibility index (Phi) is 17.8. The molecule has 0 radical (unpaired) electrons. The van der Waals surface area contributed by atoms with Crippen LogP contribution in [0.15, 0.2) is 0 Å². The van der Waals surface area contributed by atoms with Gasteiger partial charge in [-0.1, -0.05) is 64.7 Å². The van der Waals surface area contributed by atoms with Crippen LogP contribution in [0.2, 0.25) is 0 Å². The van der Waals surface area contributed by atoms with Crippen LogP contribution in [0, 0.1) is 0 Å². The van der Waals surface area contributed by atoms with Gasteiger partial charge in [0.25, 0.3) is 0 Å². The smallest absolute Gasteiger partial charge is 0.336 e. The number of unbranched alkanes of at least 4 members (excludes halogenated alkanes) is 9. The molecule has 0 saturated heterocycles. The van der Waals surface area contributed by atoms with Gasteiger partial charge in [0.2, 0.25) is 0 Å². The van der Waals surface area contributed by atoms with E-state index in [0.29, 0.717) is 0 Å². The summed E-state index contributed by atoms with van der Waals surface area (Å²) in [5.74, 6) is -3.95. The molecule has 0 heterocycles. The van der Waals surface area contributed by atoms with Gasteiger partial charge in [0.15, 0.2) is 5.60 Å². The van der Waals surface area contributed by atoms with Gasteiger partial charge >= 0.3 is 17.9 Å². The minimum absolute atomic E-state index is 1.07. The lowest BCUT2D eigenvalue weighted by Crippen LogP contribution is -2.42. The Bertz CT molecular complexity index is 373. The Hall–Kier alpha value is -1.28. The second-order valence-corrected chi connectivity index (χ2v) is 6.83. The van der Waals surface area contributed by atoms with Crippen LogP contribution in [-0.4, -0.2) is 49.7 Å². The van der Waals surface area contributed by atoms with Gasteiger partial charge in [0.1, 0.15) is 0 Å². The van der Waals surface area contributed by atoms with Crippen LogP contribution in [0.5, 0.6) is 0 Å². The SMILES string of the molecule is CCCCCCCCCCCCS.O=C(O)CC(O)(CC(=O)O)C(=O)O. The second kappa shape index (κ2) is 17.1. The molecule has 0 rings (SSSR count). The first-order valence-electron chi connectivity index (χ1n) is 9.19. The van der Waals surface area contributed by atoms with Crippen molar-refractivity contribution in [2.75, 3.05) is 5.75 Å². The van der Waals surface area contributed by atoms with Crippen LogP contribution in [0.25, 0.3) is 0 Å². The molecule has 154 valence electrons. The average Bonchev–Trinajstić information content (AvgIpc) is 2.52. The Morgan fingerprint density at radius 3 is 1.35 bits per heavy atom. The number of carbonyl (C=O) groups is 3. The number of hydrogen-bond acceptors (Lipinski definition) is 5. The van der Waals surface area contributed by atoms with E-state index >= 15 is 0 Å². The Balaban J connectivity index is 0. The highest BCUT2D eigenvalue weighted by Gasteiger charge is 2.40. The molecular weight excluding hydrogens is 360 g/mol. The summed E-state index contributed by atoms with van der Waals surface area (Å²) in [7, 11) is 0. The fourth-order valence-electron chi connectivity index (χ4n) is 2.31. The zero-order valence-corrected chi connectivity index (χ0v) is 16.5. The monoisotopic (exact) mass is 394 g/mol. The lowest BCUT2D eigenvalue weighted by atomic mass is 9.96. The van der Waals surface area contributed by atoms with Gasteiger partial charge in [0, 0.05) is 0 Å². The standard InChI is InChI=1S/C12H26S.C6H8O7/c1-2-3-4-5-6-7-8-9-10-11-12-13;7-3(8)1-6(13,5(11)12)2-4(9)10/h13H,2-12H2,1H3;13H,1-2H2,(H,7,8)(H,9,10)(H,11,12). The molecule has 0 bridgehead atoms. The maximum absolute atomic E-state index is 10.3. The van der Waals surface area contributed by atoms with Crippen molar-refractivity contribution in [1.29, 1.82) is 0 Å². The van der Waals surface area contributed by atoms with E-state index < -0.39 is 36.4 Å². The van der Waals surface area contributed by atoms with Crippen LogP contribution >= 0.6 is 12.6 Å². The van der Waals surface area contributed by atoms with E-state index in [-0.39, 0.29) is 0 Å². The van der Waals surface area contributed by atoms with E-state index in [9.17, 15) is 14.4 Å². The third kappa shape index (κ3) is 17.5. The van der Waals surface area contributed by atoms with Crippen molar-refractivity contribution in [3.05, 3.63) is 0 Å². The summed E-state index contributed by atoms with van der Waals surface area (Å²) < 4.78 is 0. The van der Waals surface area contributed by atoms with Gasteiger partial charge in [-0.05, 0) is 12.2 Å². The molecule has 0 aliphatic rings. The number of rotatable bonds is 15. The molecule has 4 N–H and O–H groups in total. The van der Waals surface area contributed by atoms with E-state index in [0.717, 1.165) is 5.75 Å². The van der Waals surface area contributed by atoms with Crippen LogP contribution in [0.3, 0.4) is 0 Å². The van der Waals surface area contributed by atoms with Gasteiger partial charge in [-0.3, -0.25) is 9.59 Å². The van der Waals surface area contributed by atoms with Gasteiger partial charge in [-0.15, -0.1) is 0 Å². The largest absolute Gasteiger partial charge is 0.481 e. The molecule has 0 aromatic heterocycles. The fraction of sp³-hybridized carbons (Fsp3) is 0.833. The normalized spacial score (nSPS) is 10.7. The van der Waals surface area contributed by atoms with Crippen molar-refractivity contribution in [1.82, 2.24) is 0 Å². The highest BCUT2D eigenvalue weighted by Crippen LogP contribution is 2.15. The first kappa shape index (κ1) is 26.9. The Labute approximate surface area is 161 Å². The number of thiol groups is 1. The number of carboxylic acids is 3. The van der Waals surface area contributed by atoms with E-state index in [4.69, 9.17) is 20.4 Å². The third-order valence-corrected chi connectivity index (χ3v) is 4.11. The Morgan fingerprint density at radius 1 is 0.731 bits per heavy atom. The summed E-state index contributed by atoms with van der Waals surface area (Å²) in [6.45, 7) is 2.28. The molecule has 0 aromatic carbocycles. The molecule has 7 nitrogen and oxygen atoms in total. The van der Waals surface area contributed by atoms with Crippen molar-refractivity contribution in [2.45, 2.75) is 89.6 Å². The molecular formula is C18H34O7S. The van der Waals surface area contributed by atoms with Crippen molar-refractivity contribution < 1.29 is 34.8 Å². The van der Waals surface area contributed by atoms with Crippen LogP contribution in [0.1, 0.15) is 84.0 Å². The summed E-state index contributed by atoms with van der Waals surface area (Å²) in [6.07, 6.45) is 11.9.